The van der Waals surface area contributed by atoms with Crippen molar-refractivity contribution in [1.29, 1.82) is 0 Å². The lowest BCUT2D eigenvalue weighted by Gasteiger charge is -2.32. The second kappa shape index (κ2) is 6.24. The summed E-state index contributed by atoms with van der Waals surface area (Å²) in [6.07, 6.45) is 5.34. The van der Waals surface area contributed by atoms with Crippen LogP contribution in [-0.2, 0) is 0 Å². The van der Waals surface area contributed by atoms with Crippen LogP contribution >= 0.6 is 0 Å². The fourth-order valence-electron chi connectivity index (χ4n) is 3.16. The molecular formula is C16H25NO. The van der Waals surface area contributed by atoms with E-state index in [1.54, 1.807) is 7.11 Å². The summed E-state index contributed by atoms with van der Waals surface area (Å²) >= 11 is 0. The Bertz CT molecular complexity index is 369. The van der Waals surface area contributed by atoms with E-state index in [2.05, 4.69) is 25.1 Å². The molecule has 2 heteroatoms. The molecule has 18 heavy (non-hydrogen) atoms. The maximum Gasteiger partial charge on any atom is 0.119 e. The molecule has 2 rings (SSSR count). The summed E-state index contributed by atoms with van der Waals surface area (Å²) in [5.41, 5.74) is 7.36. The van der Waals surface area contributed by atoms with E-state index < -0.39 is 0 Å². The smallest absolute Gasteiger partial charge is 0.119 e. The lowest BCUT2D eigenvalue weighted by Crippen LogP contribution is -2.25. The molecule has 1 aromatic carbocycles. The fourth-order valence-corrected chi connectivity index (χ4v) is 3.16. The van der Waals surface area contributed by atoms with Crippen LogP contribution in [0.1, 0.15) is 44.1 Å². The van der Waals surface area contributed by atoms with Gasteiger partial charge in [-0.15, -0.1) is 0 Å². The molecule has 1 atom stereocenters. The van der Waals surface area contributed by atoms with Crippen LogP contribution in [-0.4, -0.2) is 13.7 Å². The van der Waals surface area contributed by atoms with Gasteiger partial charge in [0.2, 0.25) is 0 Å². The van der Waals surface area contributed by atoms with Crippen molar-refractivity contribution in [2.24, 2.45) is 17.6 Å². The van der Waals surface area contributed by atoms with Gasteiger partial charge in [0, 0.05) is 0 Å². The lowest BCUT2D eigenvalue weighted by molar-refractivity contribution is 0.255. The molecular weight excluding hydrogens is 222 g/mol. The highest BCUT2D eigenvalue weighted by Gasteiger charge is 2.26. The lowest BCUT2D eigenvalue weighted by atomic mass is 9.74. The summed E-state index contributed by atoms with van der Waals surface area (Å²) in [7, 11) is 1.72. The largest absolute Gasteiger partial charge is 0.497 e. The molecule has 100 valence electrons. The minimum absolute atomic E-state index is 0.493. The second-order valence-electron chi connectivity index (χ2n) is 5.64. The van der Waals surface area contributed by atoms with Crippen molar-refractivity contribution < 1.29 is 4.74 Å². The van der Waals surface area contributed by atoms with Gasteiger partial charge in [-0.25, -0.2) is 0 Å². The van der Waals surface area contributed by atoms with Crippen LogP contribution in [0.15, 0.2) is 24.3 Å². The predicted molar refractivity (Wildman–Crippen MR) is 75.9 cm³/mol. The van der Waals surface area contributed by atoms with Crippen LogP contribution in [0, 0.1) is 11.8 Å². The SMILES string of the molecule is COc1cccc(C(CN)C2CCC(C)CC2)c1. The van der Waals surface area contributed by atoms with Gasteiger partial charge in [0.25, 0.3) is 0 Å². The minimum Gasteiger partial charge on any atom is -0.497 e. The highest BCUT2D eigenvalue weighted by molar-refractivity contribution is 5.31. The third kappa shape index (κ3) is 3.05. The summed E-state index contributed by atoms with van der Waals surface area (Å²) in [6, 6.07) is 8.41. The first-order chi connectivity index (χ1) is 8.74. The fraction of sp³-hybridized carbons (Fsp3) is 0.625. The van der Waals surface area contributed by atoms with Crippen LogP contribution < -0.4 is 10.5 Å². The first kappa shape index (κ1) is 13.4. The van der Waals surface area contributed by atoms with Crippen molar-refractivity contribution in [3.63, 3.8) is 0 Å². The molecule has 2 N–H and O–H groups in total. The molecule has 1 aliphatic carbocycles. The third-order valence-electron chi connectivity index (χ3n) is 4.41. The first-order valence-corrected chi connectivity index (χ1v) is 7.08. The molecule has 1 aromatic rings. The van der Waals surface area contributed by atoms with Crippen LogP contribution in [0.4, 0.5) is 0 Å². The number of nitrogens with two attached hydrogens (primary N) is 1. The molecule has 0 bridgehead atoms. The average molecular weight is 247 g/mol. The zero-order chi connectivity index (χ0) is 13.0. The van der Waals surface area contributed by atoms with Gasteiger partial charge in [-0.1, -0.05) is 31.9 Å². The normalized spacial score (nSPS) is 25.7. The average Bonchev–Trinajstić information content (AvgIpc) is 2.42. The molecule has 2 nitrogen and oxygen atoms in total. The minimum atomic E-state index is 0.493. The molecule has 0 heterocycles. The molecule has 0 aromatic heterocycles. The molecule has 0 radical (unpaired) electrons. The molecule has 0 saturated heterocycles. The monoisotopic (exact) mass is 247 g/mol. The summed E-state index contributed by atoms with van der Waals surface area (Å²) < 4.78 is 5.31. The zero-order valence-electron chi connectivity index (χ0n) is 11.6. The molecule has 1 unspecified atom stereocenters. The van der Waals surface area contributed by atoms with E-state index in [1.165, 1.54) is 31.2 Å². The van der Waals surface area contributed by atoms with Crippen molar-refractivity contribution in [2.45, 2.75) is 38.5 Å². The summed E-state index contributed by atoms with van der Waals surface area (Å²) in [5.74, 6) is 3.08. The Morgan fingerprint density at radius 3 is 2.61 bits per heavy atom. The topological polar surface area (TPSA) is 35.2 Å². The van der Waals surface area contributed by atoms with Gasteiger partial charge in [-0.2, -0.15) is 0 Å². The number of hydrogen-bond acceptors (Lipinski definition) is 2. The van der Waals surface area contributed by atoms with Gasteiger partial charge in [-0.05, 0) is 54.8 Å². The van der Waals surface area contributed by atoms with Crippen molar-refractivity contribution in [2.75, 3.05) is 13.7 Å². The first-order valence-electron chi connectivity index (χ1n) is 7.08. The zero-order valence-corrected chi connectivity index (χ0v) is 11.6. The third-order valence-corrected chi connectivity index (χ3v) is 4.41. The number of rotatable bonds is 4. The van der Waals surface area contributed by atoms with Crippen molar-refractivity contribution in [3.05, 3.63) is 29.8 Å². The maximum atomic E-state index is 6.02. The Hall–Kier alpha value is -1.02. The summed E-state index contributed by atoms with van der Waals surface area (Å²) in [5, 5.41) is 0. The van der Waals surface area contributed by atoms with Gasteiger partial charge in [0.1, 0.15) is 5.75 Å². The Balaban J connectivity index is 2.11. The van der Waals surface area contributed by atoms with Gasteiger partial charge in [0.05, 0.1) is 7.11 Å². The van der Waals surface area contributed by atoms with E-state index in [0.717, 1.165) is 24.1 Å². The van der Waals surface area contributed by atoms with E-state index in [-0.39, 0.29) is 0 Å². The standard InChI is InChI=1S/C16H25NO/c1-12-6-8-13(9-7-12)16(11-17)14-4-3-5-15(10-14)18-2/h3-5,10,12-13,16H,6-9,11,17H2,1-2H3. The Kier molecular flexibility index (Phi) is 4.65. The van der Waals surface area contributed by atoms with E-state index in [9.17, 15) is 0 Å². The predicted octanol–water partition coefficient (Wildman–Crippen LogP) is 3.56. The maximum absolute atomic E-state index is 6.02. The molecule has 1 aliphatic rings. The van der Waals surface area contributed by atoms with E-state index in [1.807, 2.05) is 6.07 Å². The molecule has 1 saturated carbocycles. The van der Waals surface area contributed by atoms with Crippen molar-refractivity contribution >= 4 is 0 Å². The summed E-state index contributed by atoms with van der Waals surface area (Å²) in [6.45, 7) is 3.10. The van der Waals surface area contributed by atoms with Gasteiger partial charge >= 0.3 is 0 Å². The van der Waals surface area contributed by atoms with Gasteiger partial charge in [-0.3, -0.25) is 0 Å². The van der Waals surface area contributed by atoms with E-state index >= 15 is 0 Å². The highest BCUT2D eigenvalue weighted by Crippen LogP contribution is 2.38. The van der Waals surface area contributed by atoms with Crippen molar-refractivity contribution in [1.82, 2.24) is 0 Å². The summed E-state index contributed by atoms with van der Waals surface area (Å²) in [4.78, 5) is 0. The molecule has 1 fully saturated rings. The van der Waals surface area contributed by atoms with Crippen molar-refractivity contribution in [3.8, 4) is 5.75 Å². The van der Waals surface area contributed by atoms with E-state index in [0.29, 0.717) is 5.92 Å². The Morgan fingerprint density at radius 2 is 2.00 bits per heavy atom. The van der Waals surface area contributed by atoms with Gasteiger partial charge < -0.3 is 10.5 Å². The van der Waals surface area contributed by atoms with Crippen LogP contribution in [0.3, 0.4) is 0 Å². The second-order valence-corrected chi connectivity index (χ2v) is 5.64. The molecule has 0 amide bonds. The van der Waals surface area contributed by atoms with E-state index in [4.69, 9.17) is 10.5 Å². The Morgan fingerprint density at radius 1 is 1.28 bits per heavy atom. The number of methoxy groups -OCH3 is 1. The van der Waals surface area contributed by atoms with Crippen LogP contribution in [0.25, 0.3) is 0 Å². The molecule has 0 spiro atoms. The quantitative estimate of drug-likeness (QED) is 0.883. The van der Waals surface area contributed by atoms with Crippen LogP contribution in [0.2, 0.25) is 0 Å². The highest BCUT2D eigenvalue weighted by atomic mass is 16.5. The van der Waals surface area contributed by atoms with Crippen LogP contribution in [0.5, 0.6) is 5.75 Å². The Labute approximate surface area is 111 Å². The van der Waals surface area contributed by atoms with Gasteiger partial charge in [0.15, 0.2) is 0 Å². The molecule has 0 aliphatic heterocycles. The number of hydrogen-bond donors (Lipinski definition) is 1. The number of benzene rings is 1. The number of ether oxygens (including phenoxy) is 1.